The lowest BCUT2D eigenvalue weighted by Crippen LogP contribution is -2.38. The minimum Gasteiger partial charge on any atom is -0.384 e. The maximum Gasteiger partial charge on any atom is 0.101 e. The molecule has 1 unspecified atom stereocenters. The van der Waals surface area contributed by atoms with E-state index in [1.807, 2.05) is 24.3 Å². The largest absolute Gasteiger partial charge is 0.384 e. The van der Waals surface area contributed by atoms with E-state index in [1.165, 1.54) is 5.56 Å². The first kappa shape index (κ1) is 12.2. The maximum absolute atomic E-state index is 10.1. The molecule has 0 spiro atoms. The van der Waals surface area contributed by atoms with Crippen molar-refractivity contribution < 1.29 is 5.11 Å². The van der Waals surface area contributed by atoms with Crippen molar-refractivity contribution in [1.82, 2.24) is 5.43 Å². The summed E-state index contributed by atoms with van der Waals surface area (Å²) in [5, 5.41) is 10.1. The number of hydrazine groups is 1. The van der Waals surface area contributed by atoms with E-state index in [1.54, 1.807) is 6.92 Å². The van der Waals surface area contributed by atoms with Gasteiger partial charge >= 0.3 is 0 Å². The predicted molar refractivity (Wildman–Crippen MR) is 62.3 cm³/mol. The number of rotatable bonds is 4. The van der Waals surface area contributed by atoms with Crippen molar-refractivity contribution in [2.24, 2.45) is 5.84 Å². The fraction of sp³-hybridized carbons (Fsp3) is 0.500. The van der Waals surface area contributed by atoms with Crippen molar-refractivity contribution in [1.29, 1.82) is 0 Å². The van der Waals surface area contributed by atoms with E-state index in [-0.39, 0.29) is 0 Å². The fourth-order valence-electron chi connectivity index (χ4n) is 1.53. The number of hydrogen-bond donors (Lipinski definition) is 3. The van der Waals surface area contributed by atoms with Crippen LogP contribution in [0, 0.1) is 0 Å². The van der Waals surface area contributed by atoms with Gasteiger partial charge in [0.1, 0.15) is 5.60 Å². The van der Waals surface area contributed by atoms with Gasteiger partial charge in [-0.2, -0.15) is 0 Å². The summed E-state index contributed by atoms with van der Waals surface area (Å²) in [4.78, 5) is 0. The Balaban J connectivity index is 2.88. The molecule has 1 aromatic carbocycles. The molecular weight excluding hydrogens is 188 g/mol. The van der Waals surface area contributed by atoms with Gasteiger partial charge in [0, 0.05) is 6.54 Å². The van der Waals surface area contributed by atoms with Crippen molar-refractivity contribution in [3.05, 3.63) is 35.4 Å². The Labute approximate surface area is 91.3 Å². The molecular formula is C12H20N2O. The second-order valence-electron chi connectivity index (χ2n) is 4.43. The van der Waals surface area contributed by atoms with Crippen LogP contribution in [0.4, 0.5) is 0 Å². The van der Waals surface area contributed by atoms with Gasteiger partial charge < -0.3 is 5.11 Å². The molecule has 0 amide bonds. The van der Waals surface area contributed by atoms with Crippen molar-refractivity contribution in [2.75, 3.05) is 6.54 Å². The Kier molecular flexibility index (Phi) is 3.85. The van der Waals surface area contributed by atoms with Crippen molar-refractivity contribution in [3.8, 4) is 0 Å². The fourth-order valence-corrected chi connectivity index (χ4v) is 1.53. The Morgan fingerprint density at radius 1 is 1.33 bits per heavy atom. The summed E-state index contributed by atoms with van der Waals surface area (Å²) in [6.45, 7) is 6.38. The van der Waals surface area contributed by atoms with E-state index in [9.17, 15) is 5.11 Å². The molecule has 0 saturated heterocycles. The first-order valence-corrected chi connectivity index (χ1v) is 5.23. The molecule has 0 fully saturated rings. The molecule has 1 atom stereocenters. The molecule has 0 aliphatic rings. The molecule has 0 heterocycles. The van der Waals surface area contributed by atoms with Crippen LogP contribution in [0.15, 0.2) is 24.3 Å². The van der Waals surface area contributed by atoms with Gasteiger partial charge in [-0.25, -0.2) is 0 Å². The van der Waals surface area contributed by atoms with Crippen LogP contribution in [0.2, 0.25) is 0 Å². The number of benzene rings is 1. The molecule has 84 valence electrons. The van der Waals surface area contributed by atoms with Crippen LogP contribution in [0.25, 0.3) is 0 Å². The lowest BCUT2D eigenvalue weighted by atomic mass is 9.93. The maximum atomic E-state index is 10.1. The smallest absolute Gasteiger partial charge is 0.101 e. The van der Waals surface area contributed by atoms with Crippen molar-refractivity contribution in [2.45, 2.75) is 32.3 Å². The molecule has 0 radical (unpaired) electrons. The summed E-state index contributed by atoms with van der Waals surface area (Å²) in [6, 6.07) is 8.00. The molecule has 1 aromatic rings. The second-order valence-corrected chi connectivity index (χ2v) is 4.43. The van der Waals surface area contributed by atoms with E-state index < -0.39 is 5.60 Å². The Morgan fingerprint density at radius 3 is 2.27 bits per heavy atom. The zero-order valence-corrected chi connectivity index (χ0v) is 9.62. The van der Waals surface area contributed by atoms with Gasteiger partial charge in [0.05, 0.1) is 0 Å². The van der Waals surface area contributed by atoms with E-state index in [2.05, 4.69) is 19.3 Å². The van der Waals surface area contributed by atoms with Crippen molar-refractivity contribution >= 4 is 0 Å². The van der Waals surface area contributed by atoms with E-state index >= 15 is 0 Å². The van der Waals surface area contributed by atoms with Crippen LogP contribution in [-0.2, 0) is 5.60 Å². The predicted octanol–water partition coefficient (Wildman–Crippen LogP) is 1.48. The molecule has 3 heteroatoms. The average molecular weight is 208 g/mol. The number of aliphatic hydroxyl groups is 1. The van der Waals surface area contributed by atoms with Gasteiger partial charge in [0.15, 0.2) is 0 Å². The summed E-state index contributed by atoms with van der Waals surface area (Å²) in [7, 11) is 0. The quantitative estimate of drug-likeness (QED) is 0.519. The minimum atomic E-state index is -0.912. The molecule has 0 bridgehead atoms. The molecule has 1 rings (SSSR count). The summed E-state index contributed by atoms with van der Waals surface area (Å²) in [6.07, 6.45) is 0. The van der Waals surface area contributed by atoms with Crippen LogP contribution in [0.1, 0.15) is 37.8 Å². The monoisotopic (exact) mass is 208 g/mol. The summed E-state index contributed by atoms with van der Waals surface area (Å²) in [5.74, 6) is 5.73. The van der Waals surface area contributed by atoms with E-state index in [0.29, 0.717) is 12.5 Å². The highest BCUT2D eigenvalue weighted by Crippen LogP contribution is 2.22. The molecule has 0 aromatic heterocycles. The molecule has 0 saturated carbocycles. The van der Waals surface area contributed by atoms with Gasteiger partial charge in [0.25, 0.3) is 0 Å². The topological polar surface area (TPSA) is 58.3 Å². The lowest BCUT2D eigenvalue weighted by molar-refractivity contribution is 0.0572. The minimum absolute atomic E-state index is 0.341. The highest BCUT2D eigenvalue weighted by atomic mass is 16.3. The zero-order chi connectivity index (χ0) is 11.5. The van der Waals surface area contributed by atoms with Gasteiger partial charge in [-0.15, -0.1) is 0 Å². The average Bonchev–Trinajstić information content (AvgIpc) is 2.18. The summed E-state index contributed by atoms with van der Waals surface area (Å²) < 4.78 is 0. The van der Waals surface area contributed by atoms with Crippen LogP contribution in [-0.4, -0.2) is 11.7 Å². The summed E-state index contributed by atoms with van der Waals surface area (Å²) >= 11 is 0. The van der Waals surface area contributed by atoms with E-state index in [4.69, 9.17) is 5.84 Å². The SMILES string of the molecule is CC(C)c1ccc(C(C)(O)CNN)cc1. The number of hydrogen-bond acceptors (Lipinski definition) is 3. The highest BCUT2D eigenvalue weighted by Gasteiger charge is 2.21. The Hall–Kier alpha value is -0.900. The summed E-state index contributed by atoms with van der Waals surface area (Å²) in [5.41, 5.74) is 3.73. The van der Waals surface area contributed by atoms with Crippen molar-refractivity contribution in [3.63, 3.8) is 0 Å². The lowest BCUT2D eigenvalue weighted by Gasteiger charge is -2.23. The van der Waals surface area contributed by atoms with Gasteiger partial charge in [-0.1, -0.05) is 38.1 Å². The van der Waals surface area contributed by atoms with Gasteiger partial charge in [0.2, 0.25) is 0 Å². The number of nitrogens with one attached hydrogen (secondary N) is 1. The third kappa shape index (κ3) is 3.02. The second kappa shape index (κ2) is 4.75. The Morgan fingerprint density at radius 2 is 1.87 bits per heavy atom. The first-order chi connectivity index (χ1) is 6.97. The number of nitrogens with two attached hydrogens (primary N) is 1. The van der Waals surface area contributed by atoms with Crippen LogP contribution in [0.3, 0.4) is 0 Å². The van der Waals surface area contributed by atoms with Gasteiger partial charge in [-0.05, 0) is 24.0 Å². The van der Waals surface area contributed by atoms with E-state index in [0.717, 1.165) is 5.56 Å². The molecule has 0 aliphatic carbocycles. The highest BCUT2D eigenvalue weighted by molar-refractivity contribution is 5.28. The van der Waals surface area contributed by atoms with Crippen LogP contribution in [0.5, 0.6) is 0 Å². The third-order valence-electron chi connectivity index (χ3n) is 2.65. The first-order valence-electron chi connectivity index (χ1n) is 5.23. The molecule has 0 aliphatic heterocycles. The van der Waals surface area contributed by atoms with Crippen LogP contribution < -0.4 is 11.3 Å². The third-order valence-corrected chi connectivity index (χ3v) is 2.65. The molecule has 15 heavy (non-hydrogen) atoms. The van der Waals surface area contributed by atoms with Gasteiger partial charge in [-0.3, -0.25) is 11.3 Å². The van der Waals surface area contributed by atoms with Crippen LogP contribution >= 0.6 is 0 Å². The molecule has 4 N–H and O–H groups in total. The molecule has 3 nitrogen and oxygen atoms in total. The normalized spacial score (nSPS) is 15.3. The standard InChI is InChI=1S/C12H20N2O/c1-9(2)10-4-6-11(7-5-10)12(3,15)8-14-13/h4-7,9,14-15H,8,13H2,1-3H3. The Bertz CT molecular complexity index is 304. The zero-order valence-electron chi connectivity index (χ0n) is 9.62.